The van der Waals surface area contributed by atoms with Crippen LogP contribution in [0.5, 0.6) is 11.8 Å². The van der Waals surface area contributed by atoms with E-state index in [4.69, 9.17) is 21.3 Å². The number of benzene rings is 4. The number of hydrogen-bond acceptors (Lipinski definition) is 7. The summed E-state index contributed by atoms with van der Waals surface area (Å²) >= 11 is 0. The monoisotopic (exact) mass is 838 g/mol. The van der Waals surface area contributed by atoms with Crippen LogP contribution in [0, 0.1) is 23.7 Å². The number of ether oxygens (including phenoxy) is 2. The van der Waals surface area contributed by atoms with Gasteiger partial charge in [-0.25, -0.2) is 19.2 Å². The molecule has 2 saturated heterocycles. The molecule has 2 aromatic heterocycles. The van der Waals surface area contributed by atoms with Crippen LogP contribution in [-0.2, 0) is 12.4 Å². The number of rotatable bonds is 7. The fourth-order valence-electron chi connectivity index (χ4n) is 6.45. The molecule has 0 saturated carbocycles. The molecule has 0 bridgehead atoms. The van der Waals surface area contributed by atoms with Crippen molar-refractivity contribution in [2.75, 3.05) is 31.1 Å². The van der Waals surface area contributed by atoms with Crippen molar-refractivity contribution in [3.05, 3.63) is 168 Å². The number of nitrogens with zero attached hydrogens (tertiary/aromatic N) is 5. The highest BCUT2D eigenvalue weighted by Crippen LogP contribution is 2.37. The molecule has 61 heavy (non-hydrogen) atoms. The van der Waals surface area contributed by atoms with E-state index in [1.165, 1.54) is 24.3 Å². The van der Waals surface area contributed by atoms with Crippen LogP contribution in [0.2, 0.25) is 0 Å². The van der Waals surface area contributed by atoms with Gasteiger partial charge in [-0.1, -0.05) is 78.9 Å². The van der Waals surface area contributed by atoms with E-state index in [2.05, 4.69) is 25.0 Å². The Morgan fingerprint density at radius 3 is 1.72 bits per heavy atom. The summed E-state index contributed by atoms with van der Waals surface area (Å²) in [5.41, 5.74) is 3.72. The smallest absolute Gasteiger partial charge is 0.417 e. The van der Waals surface area contributed by atoms with Crippen molar-refractivity contribution in [1.29, 1.82) is 5.26 Å². The van der Waals surface area contributed by atoms with Crippen LogP contribution >= 0.6 is 0 Å². The Morgan fingerprint density at radius 2 is 1.25 bits per heavy atom. The molecule has 8 nitrogen and oxygen atoms in total. The van der Waals surface area contributed by atoms with Gasteiger partial charge in [0.05, 0.1) is 29.8 Å². The van der Waals surface area contributed by atoms with E-state index in [0.29, 0.717) is 31.7 Å². The maximum Gasteiger partial charge on any atom is 0.417 e. The SMILES string of the molecule is FC(F)(F)c1ccc(O[C@H]2CCNC2)nc1.N#Cc1ccc(-c2ccccc2)cc1F.[C-]#[N+]c1ccc(-c2ccccc2)cc1N1CC[C@H](Oc2ccc(C(F)(F)F)cn2)C1. The lowest BCUT2D eigenvalue weighted by atomic mass is 10.0. The van der Waals surface area contributed by atoms with E-state index in [1.54, 1.807) is 12.1 Å². The first-order valence-corrected chi connectivity index (χ1v) is 19.0. The summed E-state index contributed by atoms with van der Waals surface area (Å²) in [6.45, 7) is 10.3. The predicted molar refractivity (Wildman–Crippen MR) is 216 cm³/mol. The standard InChI is InChI=1S/C23H18F3N3O.C13H8FN.C10H11F3N2O/c1-27-20-9-7-17(16-5-3-2-4-6-16)13-21(20)29-12-11-19(15-29)30-22-10-8-18(14-28-22)23(24,25)26;14-13-8-11(6-7-12(13)9-15)10-4-2-1-3-5-10;11-10(12,13)7-1-2-9(15-5-7)16-8-3-4-14-6-8/h2-10,13-14,19H,11-12,15H2;1-8H;1-2,5,8,14H,3-4,6H2/t19-;;8-/m0.0/s1. The van der Waals surface area contributed by atoms with E-state index in [1.807, 2.05) is 78.9 Å². The van der Waals surface area contributed by atoms with Gasteiger partial charge < -0.3 is 19.7 Å². The van der Waals surface area contributed by atoms with Gasteiger partial charge in [-0.05, 0) is 65.6 Å². The molecule has 0 radical (unpaired) electrons. The second-order valence-corrected chi connectivity index (χ2v) is 13.8. The van der Waals surface area contributed by atoms with Crippen LogP contribution in [0.25, 0.3) is 27.1 Å². The van der Waals surface area contributed by atoms with E-state index in [-0.39, 0.29) is 29.5 Å². The zero-order valence-electron chi connectivity index (χ0n) is 32.3. The fraction of sp³-hybridized carbons (Fsp3) is 0.217. The summed E-state index contributed by atoms with van der Waals surface area (Å²) in [7, 11) is 0. The molecule has 15 heteroatoms. The van der Waals surface area contributed by atoms with Crippen molar-refractivity contribution in [1.82, 2.24) is 15.3 Å². The lowest BCUT2D eigenvalue weighted by molar-refractivity contribution is -0.138. The van der Waals surface area contributed by atoms with Crippen molar-refractivity contribution < 1.29 is 40.2 Å². The number of pyridine rings is 2. The largest absolute Gasteiger partial charge is 0.473 e. The lowest BCUT2D eigenvalue weighted by Gasteiger charge is -2.21. The summed E-state index contributed by atoms with van der Waals surface area (Å²) in [5, 5.41) is 11.7. The van der Waals surface area contributed by atoms with Crippen molar-refractivity contribution in [2.45, 2.75) is 37.4 Å². The number of nitrogens with one attached hydrogen (secondary N) is 1. The quantitative estimate of drug-likeness (QED) is 0.127. The predicted octanol–water partition coefficient (Wildman–Crippen LogP) is 11.2. The van der Waals surface area contributed by atoms with Crippen LogP contribution in [0.1, 0.15) is 29.5 Å². The van der Waals surface area contributed by atoms with Gasteiger partial charge in [0, 0.05) is 49.7 Å². The Balaban J connectivity index is 0.000000169. The van der Waals surface area contributed by atoms with Gasteiger partial charge in [0.25, 0.3) is 0 Å². The number of halogens is 7. The summed E-state index contributed by atoms with van der Waals surface area (Å²) in [6.07, 6.45) is -5.87. The van der Waals surface area contributed by atoms with Crippen molar-refractivity contribution in [2.24, 2.45) is 0 Å². The lowest BCUT2D eigenvalue weighted by Crippen LogP contribution is -2.24. The molecule has 4 aromatic carbocycles. The van der Waals surface area contributed by atoms with Crippen LogP contribution in [0.3, 0.4) is 0 Å². The third-order valence-electron chi connectivity index (χ3n) is 9.60. The van der Waals surface area contributed by atoms with Gasteiger partial charge in [-0.2, -0.15) is 31.6 Å². The van der Waals surface area contributed by atoms with Gasteiger partial charge >= 0.3 is 12.4 Å². The van der Waals surface area contributed by atoms with Gasteiger partial charge in [-0.15, -0.1) is 0 Å². The Bertz CT molecular complexity index is 2430. The second kappa shape index (κ2) is 19.9. The number of nitriles is 1. The molecule has 2 aliphatic rings. The normalized spacial score (nSPS) is 15.9. The van der Waals surface area contributed by atoms with Crippen molar-refractivity contribution >= 4 is 11.4 Å². The minimum Gasteiger partial charge on any atom is -0.473 e. The zero-order chi connectivity index (χ0) is 43.4. The highest BCUT2D eigenvalue weighted by Gasteiger charge is 2.32. The van der Waals surface area contributed by atoms with Crippen LogP contribution in [0.4, 0.5) is 42.1 Å². The fourth-order valence-corrected chi connectivity index (χ4v) is 6.45. The van der Waals surface area contributed by atoms with Crippen LogP contribution < -0.4 is 19.7 Å². The molecular formula is C46H37F7N6O2. The summed E-state index contributed by atoms with van der Waals surface area (Å²) in [4.78, 5) is 13.1. The molecule has 2 atom stereocenters. The maximum absolute atomic E-state index is 13.3. The Labute approximate surface area is 347 Å². The number of hydrogen-bond donors (Lipinski definition) is 1. The van der Waals surface area contributed by atoms with Crippen LogP contribution in [0.15, 0.2) is 134 Å². The molecule has 0 spiro atoms. The third-order valence-corrected chi connectivity index (χ3v) is 9.60. The van der Waals surface area contributed by atoms with E-state index in [0.717, 1.165) is 65.4 Å². The molecule has 6 aromatic rings. The maximum atomic E-state index is 13.3. The van der Waals surface area contributed by atoms with Crippen molar-refractivity contribution in [3.8, 4) is 40.1 Å². The van der Waals surface area contributed by atoms with E-state index < -0.39 is 29.3 Å². The third kappa shape index (κ3) is 12.1. The molecule has 1 N–H and O–H groups in total. The molecule has 2 fully saturated rings. The first-order chi connectivity index (χ1) is 29.3. The molecule has 0 unspecified atom stereocenters. The molecule has 4 heterocycles. The number of aromatic nitrogens is 2. The van der Waals surface area contributed by atoms with Gasteiger partial charge in [0.2, 0.25) is 17.4 Å². The molecule has 312 valence electrons. The molecule has 0 aliphatic carbocycles. The summed E-state index contributed by atoms with van der Waals surface area (Å²) in [6, 6.07) is 36.0. The molecular weight excluding hydrogens is 802 g/mol. The number of alkyl halides is 6. The second-order valence-electron chi connectivity index (χ2n) is 13.8. The van der Waals surface area contributed by atoms with Crippen LogP contribution in [-0.4, -0.2) is 48.4 Å². The summed E-state index contributed by atoms with van der Waals surface area (Å²) < 4.78 is 99.2. The topological polar surface area (TPSA) is 87.7 Å². The average Bonchev–Trinajstić information content (AvgIpc) is 3.97. The minimum atomic E-state index is -4.42. The van der Waals surface area contributed by atoms with Crippen molar-refractivity contribution in [3.63, 3.8) is 0 Å². The average molecular weight is 839 g/mol. The molecule has 8 rings (SSSR count). The molecule has 2 aliphatic heterocycles. The zero-order valence-corrected chi connectivity index (χ0v) is 32.3. The highest BCUT2D eigenvalue weighted by atomic mass is 19.4. The Morgan fingerprint density at radius 1 is 0.689 bits per heavy atom. The Hall–Kier alpha value is -6.97. The first-order valence-electron chi connectivity index (χ1n) is 19.0. The highest BCUT2D eigenvalue weighted by molar-refractivity contribution is 5.79. The van der Waals surface area contributed by atoms with E-state index >= 15 is 0 Å². The summed E-state index contributed by atoms with van der Waals surface area (Å²) in [5.74, 6) is -0.0705. The van der Waals surface area contributed by atoms with Gasteiger partial charge in [0.1, 0.15) is 24.1 Å². The minimum absolute atomic E-state index is 0.00392. The van der Waals surface area contributed by atoms with Gasteiger partial charge in [0.15, 0.2) is 0 Å². The molecule has 0 amide bonds. The first kappa shape index (κ1) is 43.6. The Kier molecular flexibility index (Phi) is 14.2. The number of anilines is 1. The van der Waals surface area contributed by atoms with E-state index in [9.17, 15) is 30.7 Å². The van der Waals surface area contributed by atoms with Gasteiger partial charge in [-0.3, -0.25) is 0 Å².